The third kappa shape index (κ3) is 35.8. The fourth-order valence-electron chi connectivity index (χ4n) is 9.81. The van der Waals surface area contributed by atoms with Crippen LogP contribution in [0.15, 0.2) is 159 Å². The van der Waals surface area contributed by atoms with E-state index in [1.165, 1.54) is 57.4 Å². The Morgan fingerprint density at radius 2 is 0.885 bits per heavy atom. The van der Waals surface area contributed by atoms with Gasteiger partial charge in [0.2, 0.25) is 17.6 Å². The topological polar surface area (TPSA) is 383 Å². The number of nitrogens with one attached hydrogen (secondary N) is 4. The molecule has 3 aliphatic rings. The molecule has 10 rings (SSSR count). The number of nitrogen functional groups attached to an aromatic ring is 1. The number of nitrogens with two attached hydrogens (primary N) is 2. The van der Waals surface area contributed by atoms with E-state index in [4.69, 9.17) is 49.4 Å². The minimum atomic E-state index is -4.67. The number of anilines is 7. The predicted molar refractivity (Wildman–Crippen MR) is 440 cm³/mol. The third-order valence-electron chi connectivity index (χ3n) is 14.9. The van der Waals surface area contributed by atoms with Crippen molar-refractivity contribution in [3.05, 3.63) is 207 Å². The molecule has 0 aliphatic carbocycles. The number of rotatable bonds is 12. The van der Waals surface area contributed by atoms with Gasteiger partial charge in [0.1, 0.15) is 5.69 Å². The number of nitro groups is 2. The van der Waals surface area contributed by atoms with Gasteiger partial charge in [-0.15, -0.1) is 0 Å². The van der Waals surface area contributed by atoms with Crippen molar-refractivity contribution < 1.29 is 61.8 Å². The average Bonchev–Trinajstić information content (AvgIpc) is 0.804. The number of nitrogens with zero attached hydrogens (tertiary/aromatic N) is 4. The second kappa shape index (κ2) is 47.8. The molecular weight excluding hydrogens is 1830 g/mol. The maximum atomic E-state index is 12.6. The van der Waals surface area contributed by atoms with Gasteiger partial charge in [0.25, 0.3) is 5.69 Å². The van der Waals surface area contributed by atoms with Crippen LogP contribution in [0, 0.1) is 33.0 Å². The van der Waals surface area contributed by atoms with Crippen molar-refractivity contribution in [3.63, 3.8) is 0 Å². The van der Waals surface area contributed by atoms with Crippen LogP contribution in [0.4, 0.5) is 55.6 Å². The van der Waals surface area contributed by atoms with Gasteiger partial charge in [0.15, 0.2) is 0 Å². The number of aliphatic hydroxyl groups excluding tert-OH is 4. The lowest BCUT2D eigenvalue weighted by atomic mass is 9.97. The molecule has 0 saturated heterocycles. The van der Waals surface area contributed by atoms with Gasteiger partial charge in [-0.05, 0) is 231 Å². The standard InChI is InChI=1S/2C12H14BrNO.C10H14BrNO.C10H12BrN.C9H11BrN2O3.C9H13BrN2O.C6H3BrFNO2.C3H9NO.H2O4S/c2*1-8-3-4-10-7-11(13)5-6-12(10)14(8)9(2)15;1-7-5-9(11)3-4-10(7)12-8(2)6-13;1-7-2-3-8-6-9(11)4-5-10(8)12-7;1-6(5-13)11-8-3-2-7(10)4-9(8)12(14)15;1-6(5-13)12-9-3-2-7(10)4-8(9)11;7-4-1-2-5(8)6(3-4)9(10)11;1-3(4)2-5;1-5(2,3)4/h2*5-8H,3-4H2,1-2H3;3-5,8,12-13H,6H2,1-2H3;4-7,12H,2-3H2,1H3;2-4,6,11,13H,5H2,1H3;2-4,6,12-13H,5,11H2,1H3;1-3H;3,5H,2,4H2,1H3;(H2,1,2,3,4)/t3*8-;7-;2*6-;;;/m000000.../s1. The lowest BCUT2D eigenvalue weighted by Crippen LogP contribution is -2.40. The first kappa shape index (κ1) is 94.3. The molecule has 0 fully saturated rings. The van der Waals surface area contributed by atoms with Gasteiger partial charge in [0.05, 0.1) is 47.6 Å². The van der Waals surface area contributed by atoms with Crippen molar-refractivity contribution >= 4 is 185 Å². The molecule has 7 atom stereocenters. The van der Waals surface area contributed by atoms with Gasteiger partial charge in [-0.1, -0.05) is 112 Å². The number of benzene rings is 7. The highest BCUT2D eigenvalue weighted by Crippen LogP contribution is 2.35. The number of aliphatic hydroxyl groups is 4. The fourth-order valence-corrected chi connectivity index (χ4v) is 12.6. The Bertz CT molecular complexity index is 3880. The van der Waals surface area contributed by atoms with E-state index >= 15 is 0 Å². The van der Waals surface area contributed by atoms with Crippen LogP contribution in [0.2, 0.25) is 0 Å². The van der Waals surface area contributed by atoms with Gasteiger partial charge in [-0.3, -0.25) is 38.9 Å². The first-order valence-corrected chi connectivity index (χ1v) is 39.3. The molecule has 3 aliphatic heterocycles. The molecule has 7 aromatic carbocycles. The Morgan fingerprint density at radius 3 is 1.28 bits per heavy atom. The predicted octanol–water partition coefficient (Wildman–Crippen LogP) is 17.2. The summed E-state index contributed by atoms with van der Waals surface area (Å²) in [6, 6.07) is 39.7. The second-order valence-electron chi connectivity index (χ2n) is 24.2. The number of hydrogen-bond acceptors (Lipinski definition) is 18. The molecule has 2 amide bonds. The second-order valence-corrected chi connectivity index (χ2v) is 31.5. The monoisotopic (exact) mass is 1910 g/mol. The summed E-state index contributed by atoms with van der Waals surface area (Å²) in [5, 5.41) is 68.0. The SMILES string of the molecule is CC(=O)N1c2ccc(Br)cc2CC[C@@H]1C.CC(=O)N1c2ccc(Br)cc2CC[C@@H]1C.CC(N)CO.C[C@@H](CO)Nc1ccc(Br)cc1N.C[C@@H](CO)Nc1ccc(Br)cc1[N+](=O)[O-].C[C@H]1CCc2cc(Br)ccc2N1.Cc1cc(Br)ccc1N[C@@H](C)CO.O=S(=O)(O)O.O=[N+]([O-])c1cc(Br)ccc1F. The summed E-state index contributed by atoms with van der Waals surface area (Å²) in [6.07, 6.45) is 6.64. The maximum Gasteiger partial charge on any atom is 0.394 e. The Kier molecular flexibility index (Phi) is 43.4. The summed E-state index contributed by atoms with van der Waals surface area (Å²) in [6.45, 7) is 19.3. The molecule has 572 valence electrons. The number of amides is 2. The molecule has 7 aromatic rings. The molecule has 33 heteroatoms. The van der Waals surface area contributed by atoms with Crippen LogP contribution in [-0.4, -0.2) is 128 Å². The van der Waals surface area contributed by atoms with Crippen LogP contribution in [0.25, 0.3) is 0 Å². The number of carbonyl (C=O) groups is 2. The molecule has 0 bridgehead atoms. The van der Waals surface area contributed by atoms with Gasteiger partial charge in [0, 0.05) is 122 Å². The number of fused-ring (bicyclic) bond motifs is 3. The van der Waals surface area contributed by atoms with Crippen molar-refractivity contribution in [2.75, 3.05) is 63.2 Å². The minimum absolute atomic E-state index is 0.00956. The largest absolute Gasteiger partial charge is 0.397 e. The zero-order valence-corrected chi connectivity index (χ0v) is 71.0. The zero-order valence-electron chi connectivity index (χ0n) is 59.1. The van der Waals surface area contributed by atoms with Crippen LogP contribution in [-0.2, 0) is 39.3 Å². The molecule has 0 spiro atoms. The summed E-state index contributed by atoms with van der Waals surface area (Å²) in [4.78, 5) is 46.6. The van der Waals surface area contributed by atoms with Gasteiger partial charge in [-0.25, -0.2) is 0 Å². The highest BCUT2D eigenvalue weighted by atomic mass is 79.9. The first-order chi connectivity index (χ1) is 48.6. The van der Waals surface area contributed by atoms with Crippen molar-refractivity contribution in [2.45, 2.75) is 150 Å². The summed E-state index contributed by atoms with van der Waals surface area (Å²) in [7, 11) is -4.67. The lowest BCUT2D eigenvalue weighted by molar-refractivity contribution is -0.387. The number of hydrogen-bond donors (Lipinski definition) is 12. The van der Waals surface area contributed by atoms with Crippen molar-refractivity contribution in [1.29, 1.82) is 0 Å². The number of nitro benzene ring substituents is 2. The smallest absolute Gasteiger partial charge is 0.394 e. The van der Waals surface area contributed by atoms with Crippen molar-refractivity contribution in [1.82, 2.24) is 0 Å². The van der Waals surface area contributed by atoms with Gasteiger partial charge >= 0.3 is 16.1 Å². The molecule has 0 radical (unpaired) electrons. The highest BCUT2D eigenvalue weighted by molar-refractivity contribution is 9.11. The number of carbonyl (C=O) groups excluding carboxylic acids is 2. The van der Waals surface area contributed by atoms with Crippen LogP contribution in [0.3, 0.4) is 0 Å². The lowest BCUT2D eigenvalue weighted by Gasteiger charge is -2.34. The van der Waals surface area contributed by atoms with E-state index < -0.39 is 31.8 Å². The van der Waals surface area contributed by atoms with Crippen molar-refractivity contribution in [3.8, 4) is 0 Å². The maximum absolute atomic E-state index is 12.6. The Morgan fingerprint density at radius 1 is 0.548 bits per heavy atom. The van der Waals surface area contributed by atoms with Gasteiger partial charge < -0.3 is 63.0 Å². The summed E-state index contributed by atoms with van der Waals surface area (Å²) < 4.78 is 50.7. The normalized spacial score (nSPS) is 15.4. The highest BCUT2D eigenvalue weighted by Gasteiger charge is 2.27. The van der Waals surface area contributed by atoms with E-state index in [-0.39, 0.29) is 68.1 Å². The van der Waals surface area contributed by atoms with Crippen LogP contribution in [0.1, 0.15) is 104 Å². The molecule has 104 heavy (non-hydrogen) atoms. The molecule has 0 saturated carbocycles. The van der Waals surface area contributed by atoms with Crippen LogP contribution >= 0.6 is 112 Å². The fraction of sp³-hybridized carbons (Fsp3) is 0.380. The Balaban J connectivity index is 0.000000404. The first-order valence-electron chi connectivity index (χ1n) is 32.4. The molecule has 1 unspecified atom stereocenters. The number of halogens is 8. The van der Waals surface area contributed by atoms with E-state index in [2.05, 4.69) is 184 Å². The molecule has 24 nitrogen and oxygen atoms in total. The third-order valence-corrected chi connectivity index (χ3v) is 18.4. The minimum Gasteiger partial charge on any atom is -0.397 e. The zero-order chi connectivity index (χ0) is 78.9. The Labute approximate surface area is 666 Å². The Hall–Kier alpha value is -5.76. The average molecular weight is 1920 g/mol. The van der Waals surface area contributed by atoms with Crippen LogP contribution < -0.4 is 42.5 Å². The summed E-state index contributed by atoms with van der Waals surface area (Å²) in [5.41, 5.74) is 21.9. The van der Waals surface area contributed by atoms with E-state index in [1.807, 2.05) is 91.2 Å². The molecular formula is C71H92Br7FN10O14S. The van der Waals surface area contributed by atoms with Gasteiger partial charge in [-0.2, -0.15) is 12.8 Å². The van der Waals surface area contributed by atoms with E-state index in [0.717, 1.165) is 78.5 Å². The quantitative estimate of drug-likeness (QED) is 0.0234. The van der Waals surface area contributed by atoms with E-state index in [9.17, 15) is 34.2 Å². The molecule has 14 N–H and O–H groups in total. The number of aryl methyl sites for hydroxylation is 4. The van der Waals surface area contributed by atoms with E-state index in [1.54, 1.807) is 39.8 Å². The van der Waals surface area contributed by atoms with Crippen molar-refractivity contribution in [2.24, 2.45) is 5.73 Å². The summed E-state index contributed by atoms with van der Waals surface area (Å²) >= 11 is 23.3. The van der Waals surface area contributed by atoms with E-state index in [0.29, 0.717) is 38.4 Å². The van der Waals surface area contributed by atoms with Crippen LogP contribution in [0.5, 0.6) is 0 Å². The summed E-state index contributed by atoms with van der Waals surface area (Å²) in [5.74, 6) is -0.560. The molecule has 0 aromatic heterocycles. The molecule has 3 heterocycles.